The Morgan fingerprint density at radius 3 is 2.30 bits per heavy atom. The van der Waals surface area contributed by atoms with Crippen LogP contribution in [0, 0.1) is 23.7 Å². The molecular formula is C24H28N2O4. The van der Waals surface area contributed by atoms with Crippen LogP contribution in [0.15, 0.2) is 36.4 Å². The molecule has 4 aliphatic rings. The largest absolute Gasteiger partial charge is 0.497 e. The van der Waals surface area contributed by atoms with E-state index in [4.69, 9.17) is 4.74 Å². The third-order valence-corrected chi connectivity index (χ3v) is 7.43. The van der Waals surface area contributed by atoms with Crippen LogP contribution in [0.2, 0.25) is 0 Å². The lowest BCUT2D eigenvalue weighted by Crippen LogP contribution is -2.45. The maximum absolute atomic E-state index is 13.3. The number of carbonyl (C=O) groups is 3. The Morgan fingerprint density at radius 2 is 1.67 bits per heavy atom. The quantitative estimate of drug-likeness (QED) is 0.568. The zero-order valence-corrected chi connectivity index (χ0v) is 17.3. The SMILES string of the molecule is COc1ccc(C2CCCCCN2C(=O)CN2C(=O)C3C4C=CC(C4)C3C2=O)cc1. The van der Waals surface area contributed by atoms with E-state index in [2.05, 4.69) is 12.2 Å². The normalized spacial score (nSPS) is 32.5. The molecule has 3 fully saturated rings. The summed E-state index contributed by atoms with van der Waals surface area (Å²) in [7, 11) is 1.64. The summed E-state index contributed by atoms with van der Waals surface area (Å²) in [5.74, 6) is 0.206. The predicted octanol–water partition coefficient (Wildman–Crippen LogP) is 2.95. The molecule has 1 aromatic rings. The summed E-state index contributed by atoms with van der Waals surface area (Å²) in [6, 6.07) is 7.82. The number of imide groups is 1. The Balaban J connectivity index is 1.34. The van der Waals surface area contributed by atoms with Crippen LogP contribution >= 0.6 is 0 Å². The molecule has 2 bridgehead atoms. The number of hydrogen-bond donors (Lipinski definition) is 0. The van der Waals surface area contributed by atoms with E-state index in [1.165, 1.54) is 4.90 Å². The van der Waals surface area contributed by atoms with E-state index in [0.29, 0.717) is 6.54 Å². The van der Waals surface area contributed by atoms with Gasteiger partial charge in [-0.25, -0.2) is 0 Å². The third kappa shape index (κ3) is 3.04. The van der Waals surface area contributed by atoms with Gasteiger partial charge < -0.3 is 9.64 Å². The van der Waals surface area contributed by atoms with Crippen molar-refractivity contribution in [3.63, 3.8) is 0 Å². The highest BCUT2D eigenvalue weighted by Crippen LogP contribution is 2.52. The van der Waals surface area contributed by atoms with E-state index in [0.717, 1.165) is 43.4 Å². The van der Waals surface area contributed by atoms with Crippen molar-refractivity contribution in [1.82, 2.24) is 9.80 Å². The summed E-state index contributed by atoms with van der Waals surface area (Å²) in [5.41, 5.74) is 1.07. The average molecular weight is 408 g/mol. The Hall–Kier alpha value is -2.63. The van der Waals surface area contributed by atoms with E-state index in [1.54, 1.807) is 7.11 Å². The Morgan fingerprint density at radius 1 is 1.00 bits per heavy atom. The van der Waals surface area contributed by atoms with Gasteiger partial charge in [0.15, 0.2) is 0 Å². The van der Waals surface area contributed by atoms with Crippen molar-refractivity contribution in [3.8, 4) is 5.75 Å². The van der Waals surface area contributed by atoms with Gasteiger partial charge in [0.1, 0.15) is 12.3 Å². The molecule has 2 aliphatic carbocycles. The standard InChI is InChI=1S/C24H28N2O4/c1-30-18-10-8-15(9-11-18)19-5-3-2-4-12-25(19)20(27)14-26-23(28)21-16-6-7-17(13-16)22(21)24(26)29/h6-11,16-17,19,21-22H,2-5,12-14H2,1H3. The van der Waals surface area contributed by atoms with E-state index in [9.17, 15) is 14.4 Å². The van der Waals surface area contributed by atoms with Gasteiger partial charge in [-0.05, 0) is 48.8 Å². The summed E-state index contributed by atoms with van der Waals surface area (Å²) in [6.07, 6.45) is 9.03. The van der Waals surface area contributed by atoms with Crippen LogP contribution in [0.1, 0.15) is 43.7 Å². The molecule has 5 atom stereocenters. The summed E-state index contributed by atoms with van der Waals surface area (Å²) >= 11 is 0. The lowest BCUT2D eigenvalue weighted by atomic mass is 9.85. The molecule has 1 aromatic carbocycles. The van der Waals surface area contributed by atoms with Crippen molar-refractivity contribution >= 4 is 17.7 Å². The number of fused-ring (bicyclic) bond motifs is 5. The fourth-order valence-corrected chi connectivity index (χ4v) is 5.93. The first-order chi connectivity index (χ1) is 14.6. The zero-order chi connectivity index (χ0) is 20.8. The molecule has 5 rings (SSSR count). The number of carbonyl (C=O) groups excluding carboxylic acids is 3. The second kappa shape index (κ2) is 7.56. The van der Waals surface area contributed by atoms with Crippen molar-refractivity contribution in [3.05, 3.63) is 42.0 Å². The van der Waals surface area contributed by atoms with E-state index >= 15 is 0 Å². The van der Waals surface area contributed by atoms with Crippen LogP contribution in [0.5, 0.6) is 5.75 Å². The first kappa shape index (κ1) is 19.3. The molecule has 0 aromatic heterocycles. The average Bonchev–Trinajstić information content (AvgIpc) is 3.37. The van der Waals surface area contributed by atoms with Gasteiger partial charge >= 0.3 is 0 Å². The zero-order valence-electron chi connectivity index (χ0n) is 17.3. The minimum absolute atomic E-state index is 0.0314. The van der Waals surface area contributed by atoms with Gasteiger partial charge in [-0.15, -0.1) is 0 Å². The Bertz CT molecular complexity index is 863. The van der Waals surface area contributed by atoms with Crippen LogP contribution < -0.4 is 4.74 Å². The number of hydrogen-bond acceptors (Lipinski definition) is 4. The highest BCUT2D eigenvalue weighted by atomic mass is 16.5. The highest BCUT2D eigenvalue weighted by Gasteiger charge is 2.59. The summed E-state index contributed by atoms with van der Waals surface area (Å²) < 4.78 is 5.26. The second-order valence-corrected chi connectivity index (χ2v) is 8.99. The minimum atomic E-state index is -0.248. The monoisotopic (exact) mass is 408 g/mol. The molecule has 5 unspecified atom stereocenters. The fourth-order valence-electron chi connectivity index (χ4n) is 5.93. The molecule has 0 spiro atoms. The number of benzene rings is 1. The number of rotatable bonds is 4. The van der Waals surface area contributed by atoms with Gasteiger partial charge in [0, 0.05) is 6.54 Å². The van der Waals surface area contributed by atoms with Gasteiger partial charge in [-0.3, -0.25) is 19.3 Å². The number of likely N-dealkylation sites (tertiary alicyclic amines) is 2. The van der Waals surface area contributed by atoms with Gasteiger partial charge in [-0.1, -0.05) is 37.1 Å². The van der Waals surface area contributed by atoms with Gasteiger partial charge in [0.25, 0.3) is 0 Å². The second-order valence-electron chi connectivity index (χ2n) is 8.99. The van der Waals surface area contributed by atoms with E-state index < -0.39 is 0 Å². The number of nitrogens with zero attached hydrogens (tertiary/aromatic N) is 2. The van der Waals surface area contributed by atoms with E-state index in [1.807, 2.05) is 29.2 Å². The van der Waals surface area contributed by atoms with Crippen LogP contribution in [-0.4, -0.2) is 47.7 Å². The third-order valence-electron chi connectivity index (χ3n) is 7.43. The topological polar surface area (TPSA) is 66.9 Å². The van der Waals surface area contributed by atoms with E-state index in [-0.39, 0.29) is 54.0 Å². The predicted molar refractivity (Wildman–Crippen MR) is 110 cm³/mol. The molecule has 30 heavy (non-hydrogen) atoms. The molecular weight excluding hydrogens is 380 g/mol. The molecule has 2 aliphatic heterocycles. The summed E-state index contributed by atoms with van der Waals surface area (Å²) in [4.78, 5) is 42.4. The molecule has 2 saturated heterocycles. The van der Waals surface area contributed by atoms with Gasteiger partial charge in [0.2, 0.25) is 17.7 Å². The Labute approximate surface area is 176 Å². The van der Waals surface area contributed by atoms with Crippen molar-refractivity contribution in [1.29, 1.82) is 0 Å². The lowest BCUT2D eigenvalue weighted by Gasteiger charge is -2.32. The number of amides is 3. The molecule has 0 radical (unpaired) electrons. The number of allylic oxidation sites excluding steroid dienone is 2. The smallest absolute Gasteiger partial charge is 0.243 e. The number of ether oxygens (including phenoxy) is 1. The van der Waals surface area contributed by atoms with Crippen molar-refractivity contribution in [2.45, 2.75) is 38.1 Å². The maximum atomic E-state index is 13.3. The molecule has 158 valence electrons. The first-order valence-corrected chi connectivity index (χ1v) is 11.1. The van der Waals surface area contributed by atoms with Crippen molar-refractivity contribution in [2.24, 2.45) is 23.7 Å². The molecule has 0 N–H and O–H groups in total. The molecule has 1 saturated carbocycles. The van der Waals surface area contributed by atoms with Gasteiger partial charge in [-0.2, -0.15) is 0 Å². The van der Waals surface area contributed by atoms with Crippen LogP contribution in [-0.2, 0) is 14.4 Å². The minimum Gasteiger partial charge on any atom is -0.497 e. The molecule has 3 amide bonds. The van der Waals surface area contributed by atoms with Crippen molar-refractivity contribution in [2.75, 3.05) is 20.2 Å². The first-order valence-electron chi connectivity index (χ1n) is 11.1. The maximum Gasteiger partial charge on any atom is 0.243 e. The van der Waals surface area contributed by atoms with Gasteiger partial charge in [0.05, 0.1) is 25.0 Å². The summed E-state index contributed by atoms with van der Waals surface area (Å²) in [5, 5.41) is 0. The van der Waals surface area contributed by atoms with Crippen molar-refractivity contribution < 1.29 is 19.1 Å². The Kier molecular flexibility index (Phi) is 4.88. The molecule has 6 nitrogen and oxygen atoms in total. The number of methoxy groups -OCH3 is 1. The molecule has 6 heteroatoms. The fraction of sp³-hybridized carbons (Fsp3) is 0.542. The van der Waals surface area contributed by atoms with Crippen LogP contribution in [0.25, 0.3) is 0 Å². The van der Waals surface area contributed by atoms with Crippen LogP contribution in [0.3, 0.4) is 0 Å². The molecule has 2 heterocycles. The summed E-state index contributed by atoms with van der Waals surface area (Å²) in [6.45, 7) is 0.530. The van der Waals surface area contributed by atoms with Crippen LogP contribution in [0.4, 0.5) is 0 Å². The lowest BCUT2D eigenvalue weighted by molar-refractivity contribution is -0.148. The highest BCUT2D eigenvalue weighted by molar-refractivity contribution is 6.08.